The van der Waals surface area contributed by atoms with Crippen molar-refractivity contribution in [1.82, 2.24) is 20.3 Å². The minimum absolute atomic E-state index is 0.105. The zero-order chi connectivity index (χ0) is 30.1. The molecule has 2 aliphatic rings. The standard InChI is InChI=1S/C32H35N5O5S/c1-20-13-26(14-21(2)42-20)37(3)31-6-4-5-27(36-31)28-10-9-23-17-33-25(16-29(23)35-28)18-34-32(38)22-7-8-24-19-41-11-12-43(39,40)30(24)15-22/h4-10,15-17,20-21,26H,11-14,18-19H2,1-3H3,(H,34,38)/t20-,21+,26?. The summed E-state index contributed by atoms with van der Waals surface area (Å²) in [7, 11) is -1.43. The highest BCUT2D eigenvalue weighted by Gasteiger charge is 2.28. The highest BCUT2D eigenvalue weighted by molar-refractivity contribution is 7.91. The first-order valence-electron chi connectivity index (χ1n) is 14.5. The maximum Gasteiger partial charge on any atom is 0.251 e. The smallest absolute Gasteiger partial charge is 0.251 e. The molecule has 6 rings (SSSR count). The molecule has 224 valence electrons. The van der Waals surface area contributed by atoms with Gasteiger partial charge in [-0.05, 0) is 74.7 Å². The molecule has 1 amide bonds. The number of amides is 1. The van der Waals surface area contributed by atoms with Gasteiger partial charge in [-0.3, -0.25) is 9.78 Å². The number of pyridine rings is 3. The molecule has 11 heteroatoms. The van der Waals surface area contributed by atoms with Crippen molar-refractivity contribution < 1.29 is 22.7 Å². The summed E-state index contributed by atoms with van der Waals surface area (Å²) < 4.78 is 36.5. The number of ether oxygens (including phenoxy) is 2. The Bertz CT molecular complexity index is 1770. The Morgan fingerprint density at radius 1 is 1.02 bits per heavy atom. The molecule has 0 bridgehead atoms. The monoisotopic (exact) mass is 601 g/mol. The van der Waals surface area contributed by atoms with Gasteiger partial charge in [-0.15, -0.1) is 0 Å². The van der Waals surface area contributed by atoms with Crippen LogP contribution in [0.5, 0.6) is 0 Å². The minimum atomic E-state index is -3.51. The zero-order valence-electron chi connectivity index (χ0n) is 24.5. The Kier molecular flexibility index (Phi) is 8.13. The number of nitrogens with zero attached hydrogens (tertiary/aromatic N) is 4. The molecule has 3 aromatic heterocycles. The van der Waals surface area contributed by atoms with Crippen molar-refractivity contribution in [3.05, 3.63) is 77.6 Å². The number of carbonyl (C=O) groups is 1. The van der Waals surface area contributed by atoms with E-state index in [9.17, 15) is 13.2 Å². The number of benzene rings is 1. The van der Waals surface area contributed by atoms with Crippen LogP contribution < -0.4 is 10.2 Å². The number of hydrogen-bond acceptors (Lipinski definition) is 9. The topological polar surface area (TPSA) is 124 Å². The van der Waals surface area contributed by atoms with E-state index in [-0.39, 0.29) is 54.1 Å². The predicted octanol–water partition coefficient (Wildman–Crippen LogP) is 4.32. The van der Waals surface area contributed by atoms with E-state index in [4.69, 9.17) is 19.4 Å². The molecule has 1 saturated heterocycles. The normalized spacial score (nSPS) is 21.5. The van der Waals surface area contributed by atoms with Gasteiger partial charge < -0.3 is 19.7 Å². The Morgan fingerprint density at radius 2 is 1.81 bits per heavy atom. The van der Waals surface area contributed by atoms with Gasteiger partial charge in [-0.1, -0.05) is 12.1 Å². The summed E-state index contributed by atoms with van der Waals surface area (Å²) in [6, 6.07) is 16.8. The average Bonchev–Trinajstić information content (AvgIpc) is 3.15. The molecule has 2 aliphatic heterocycles. The van der Waals surface area contributed by atoms with Gasteiger partial charge >= 0.3 is 0 Å². The van der Waals surface area contributed by atoms with Crippen LogP contribution in [0.2, 0.25) is 0 Å². The van der Waals surface area contributed by atoms with E-state index in [0.29, 0.717) is 17.3 Å². The number of aromatic nitrogens is 3. The van der Waals surface area contributed by atoms with Gasteiger partial charge in [0.2, 0.25) is 0 Å². The van der Waals surface area contributed by atoms with Gasteiger partial charge in [0.25, 0.3) is 5.91 Å². The summed E-state index contributed by atoms with van der Waals surface area (Å²) in [6.07, 6.45) is 4.06. The van der Waals surface area contributed by atoms with Crippen molar-refractivity contribution in [3.8, 4) is 11.4 Å². The van der Waals surface area contributed by atoms with E-state index in [0.717, 1.165) is 41.0 Å². The van der Waals surface area contributed by atoms with Crippen LogP contribution in [0.15, 0.2) is 65.7 Å². The van der Waals surface area contributed by atoms with Crippen LogP contribution in [-0.2, 0) is 32.5 Å². The Labute approximate surface area is 251 Å². The number of nitrogens with one attached hydrogen (secondary N) is 1. The Hall–Kier alpha value is -3.93. The van der Waals surface area contributed by atoms with Crippen LogP contribution in [0.1, 0.15) is 48.3 Å². The first-order valence-corrected chi connectivity index (χ1v) is 16.1. The van der Waals surface area contributed by atoms with Gasteiger partial charge in [0.15, 0.2) is 9.84 Å². The zero-order valence-corrected chi connectivity index (χ0v) is 25.3. The number of sulfone groups is 1. The van der Waals surface area contributed by atoms with Crippen LogP contribution in [-0.4, -0.2) is 66.9 Å². The van der Waals surface area contributed by atoms with Crippen molar-refractivity contribution in [2.24, 2.45) is 0 Å². The molecule has 1 aromatic carbocycles. The predicted molar refractivity (Wildman–Crippen MR) is 164 cm³/mol. The summed E-state index contributed by atoms with van der Waals surface area (Å²) in [6.45, 7) is 4.73. The number of rotatable bonds is 6. The van der Waals surface area contributed by atoms with Crippen molar-refractivity contribution >= 4 is 32.5 Å². The molecular weight excluding hydrogens is 566 g/mol. The molecule has 1 unspecified atom stereocenters. The van der Waals surface area contributed by atoms with Crippen LogP contribution in [0.25, 0.3) is 22.3 Å². The minimum Gasteiger partial charge on any atom is -0.376 e. The highest BCUT2D eigenvalue weighted by atomic mass is 32.2. The third kappa shape index (κ3) is 6.39. The van der Waals surface area contributed by atoms with E-state index < -0.39 is 9.84 Å². The van der Waals surface area contributed by atoms with Gasteiger partial charge in [-0.25, -0.2) is 18.4 Å². The van der Waals surface area contributed by atoms with Crippen LogP contribution in [0.4, 0.5) is 5.82 Å². The molecule has 10 nitrogen and oxygen atoms in total. The maximum atomic E-state index is 12.9. The summed E-state index contributed by atoms with van der Waals surface area (Å²) in [5, 5.41) is 3.72. The number of carbonyl (C=O) groups excluding carboxylic acids is 1. The second-order valence-electron chi connectivity index (χ2n) is 11.3. The highest BCUT2D eigenvalue weighted by Crippen LogP contribution is 2.28. The first kappa shape index (κ1) is 29.2. The number of anilines is 1. The first-order chi connectivity index (χ1) is 20.7. The molecule has 0 spiro atoms. The van der Waals surface area contributed by atoms with Crippen molar-refractivity contribution in [1.29, 1.82) is 0 Å². The molecule has 1 N–H and O–H groups in total. The number of hydrogen-bond donors (Lipinski definition) is 1. The molecule has 5 heterocycles. The molecule has 3 atom stereocenters. The van der Waals surface area contributed by atoms with Crippen LogP contribution in [0.3, 0.4) is 0 Å². The van der Waals surface area contributed by atoms with Gasteiger partial charge in [0, 0.05) is 30.2 Å². The second kappa shape index (κ2) is 12.0. The third-order valence-corrected chi connectivity index (χ3v) is 9.81. The summed E-state index contributed by atoms with van der Waals surface area (Å²) >= 11 is 0. The van der Waals surface area contributed by atoms with Crippen molar-refractivity contribution in [3.63, 3.8) is 0 Å². The molecule has 0 saturated carbocycles. The average molecular weight is 602 g/mol. The third-order valence-electron chi connectivity index (χ3n) is 8.06. The van der Waals surface area contributed by atoms with Crippen LogP contribution >= 0.6 is 0 Å². The Balaban J connectivity index is 1.18. The quantitative estimate of drug-likeness (QED) is 0.344. The van der Waals surface area contributed by atoms with E-state index in [2.05, 4.69) is 36.1 Å². The van der Waals surface area contributed by atoms with E-state index in [1.165, 1.54) is 6.07 Å². The van der Waals surface area contributed by atoms with Crippen LogP contribution in [0, 0.1) is 0 Å². The molecular formula is C32H35N5O5S. The van der Waals surface area contributed by atoms with Gasteiger partial charge in [-0.2, -0.15) is 0 Å². The molecule has 4 aromatic rings. The fraction of sp³-hybridized carbons (Fsp3) is 0.375. The second-order valence-corrected chi connectivity index (χ2v) is 13.4. The fourth-order valence-electron chi connectivity index (χ4n) is 5.77. The number of fused-ring (bicyclic) bond motifs is 2. The maximum absolute atomic E-state index is 12.9. The lowest BCUT2D eigenvalue weighted by molar-refractivity contribution is -0.0372. The summed E-state index contributed by atoms with van der Waals surface area (Å²) in [5.41, 5.74) is 3.71. The van der Waals surface area contributed by atoms with E-state index in [1.807, 2.05) is 36.4 Å². The van der Waals surface area contributed by atoms with Crippen molar-refractivity contribution in [2.45, 2.75) is 63.0 Å². The lowest BCUT2D eigenvalue weighted by Gasteiger charge is -2.38. The molecule has 0 radical (unpaired) electrons. The van der Waals surface area contributed by atoms with Gasteiger partial charge in [0.1, 0.15) is 5.82 Å². The summed E-state index contributed by atoms with van der Waals surface area (Å²) in [4.78, 5) is 29.6. The Morgan fingerprint density at radius 3 is 2.63 bits per heavy atom. The largest absolute Gasteiger partial charge is 0.376 e. The van der Waals surface area contributed by atoms with E-state index >= 15 is 0 Å². The molecule has 0 aliphatic carbocycles. The van der Waals surface area contributed by atoms with Gasteiger partial charge in [0.05, 0.1) is 65.2 Å². The lowest BCUT2D eigenvalue weighted by atomic mass is 9.98. The lowest BCUT2D eigenvalue weighted by Crippen LogP contribution is -2.42. The summed E-state index contributed by atoms with van der Waals surface area (Å²) in [5.74, 6) is 0.402. The fourth-order valence-corrected chi connectivity index (χ4v) is 7.16. The SMILES string of the molecule is C[C@@H]1CC(N(C)c2cccc(-c3ccc4cnc(CNC(=O)c5ccc6c(c5)S(=O)(=O)CCOC6)cc4n3)n2)C[C@H](C)O1. The molecule has 1 fully saturated rings. The molecule has 43 heavy (non-hydrogen) atoms. The van der Waals surface area contributed by atoms with E-state index in [1.54, 1.807) is 18.3 Å². The van der Waals surface area contributed by atoms with Crippen molar-refractivity contribution in [2.75, 3.05) is 24.3 Å².